The maximum atomic E-state index is 13.2. The number of carbonyl (C=O) groups is 1. The lowest BCUT2D eigenvalue weighted by Crippen LogP contribution is -2.07. The lowest BCUT2D eigenvalue weighted by atomic mass is 10.2. The Morgan fingerprint density at radius 1 is 1.26 bits per heavy atom. The highest BCUT2D eigenvalue weighted by atomic mass is 32.2. The third-order valence-electron chi connectivity index (χ3n) is 1.84. The van der Waals surface area contributed by atoms with Gasteiger partial charge in [-0.05, 0) is 12.1 Å². The highest BCUT2D eigenvalue weighted by molar-refractivity contribution is 7.85. The van der Waals surface area contributed by atoms with Crippen LogP contribution in [0.3, 0.4) is 0 Å². The van der Waals surface area contributed by atoms with Gasteiger partial charge in [0.1, 0.15) is 12.4 Å². The molecule has 0 aliphatic carbocycles. The van der Waals surface area contributed by atoms with Crippen molar-refractivity contribution >= 4 is 16.1 Å². The molecule has 0 radical (unpaired) electrons. The van der Waals surface area contributed by atoms with Crippen molar-refractivity contribution in [1.29, 1.82) is 0 Å². The SMILES string of the molecule is CS(=O)(=O)OCC#CCOC(=O)c1ccccc1F. The van der Waals surface area contributed by atoms with Crippen LogP contribution in [0.5, 0.6) is 0 Å². The highest BCUT2D eigenvalue weighted by Crippen LogP contribution is 2.07. The monoisotopic (exact) mass is 286 g/mol. The van der Waals surface area contributed by atoms with Crippen LogP contribution in [0.25, 0.3) is 0 Å². The third kappa shape index (κ3) is 5.99. The van der Waals surface area contributed by atoms with Crippen LogP contribution in [-0.2, 0) is 19.0 Å². The van der Waals surface area contributed by atoms with Gasteiger partial charge < -0.3 is 4.74 Å². The second-order valence-corrected chi connectivity index (χ2v) is 5.02. The molecule has 7 heteroatoms. The van der Waals surface area contributed by atoms with Gasteiger partial charge in [0.15, 0.2) is 6.61 Å². The molecule has 0 heterocycles. The van der Waals surface area contributed by atoms with Crippen molar-refractivity contribution in [2.24, 2.45) is 0 Å². The summed E-state index contributed by atoms with van der Waals surface area (Å²) in [5, 5.41) is 0. The van der Waals surface area contributed by atoms with Gasteiger partial charge >= 0.3 is 5.97 Å². The predicted molar refractivity (Wildman–Crippen MR) is 65.3 cm³/mol. The van der Waals surface area contributed by atoms with Gasteiger partial charge in [0.25, 0.3) is 10.1 Å². The Morgan fingerprint density at radius 3 is 2.53 bits per heavy atom. The van der Waals surface area contributed by atoms with E-state index in [2.05, 4.69) is 20.8 Å². The molecular weight excluding hydrogens is 275 g/mol. The largest absolute Gasteiger partial charge is 0.449 e. The molecule has 5 nitrogen and oxygen atoms in total. The van der Waals surface area contributed by atoms with Gasteiger partial charge in [0.2, 0.25) is 0 Å². The number of hydrogen-bond acceptors (Lipinski definition) is 5. The first-order valence-corrected chi connectivity index (χ1v) is 6.93. The van der Waals surface area contributed by atoms with Crippen molar-refractivity contribution < 1.29 is 26.5 Å². The van der Waals surface area contributed by atoms with Crippen molar-refractivity contribution in [3.63, 3.8) is 0 Å². The first-order chi connectivity index (χ1) is 8.90. The Labute approximate surface area is 110 Å². The van der Waals surface area contributed by atoms with Gasteiger partial charge in [-0.1, -0.05) is 24.0 Å². The summed E-state index contributed by atoms with van der Waals surface area (Å²) in [6.07, 6.45) is 0.896. The predicted octanol–water partition coefficient (Wildman–Crippen LogP) is 0.962. The number of carbonyl (C=O) groups excluding carboxylic acids is 1. The molecule has 0 spiro atoms. The molecular formula is C12H11FO5S. The summed E-state index contributed by atoms with van der Waals surface area (Å²) >= 11 is 0. The second kappa shape index (κ2) is 6.87. The van der Waals surface area contributed by atoms with E-state index in [1.807, 2.05) is 0 Å². The summed E-state index contributed by atoms with van der Waals surface area (Å²) in [5.74, 6) is 3.20. The van der Waals surface area contributed by atoms with Crippen LogP contribution in [0.2, 0.25) is 0 Å². The normalized spacial score (nSPS) is 10.4. The quantitative estimate of drug-likeness (QED) is 0.468. The Bertz CT molecular complexity index is 612. The second-order valence-electron chi connectivity index (χ2n) is 3.38. The molecule has 1 rings (SSSR count). The Hall–Kier alpha value is -1.91. The maximum Gasteiger partial charge on any atom is 0.342 e. The summed E-state index contributed by atoms with van der Waals surface area (Å²) in [6, 6.07) is 5.39. The first-order valence-electron chi connectivity index (χ1n) is 5.12. The van der Waals surface area contributed by atoms with Crippen molar-refractivity contribution in [2.75, 3.05) is 19.5 Å². The van der Waals surface area contributed by atoms with Gasteiger partial charge in [-0.2, -0.15) is 8.42 Å². The van der Waals surface area contributed by atoms with E-state index >= 15 is 0 Å². The van der Waals surface area contributed by atoms with Crippen LogP contribution in [0.4, 0.5) is 4.39 Å². The van der Waals surface area contributed by atoms with Crippen molar-refractivity contribution in [2.45, 2.75) is 0 Å². The Morgan fingerprint density at radius 2 is 1.89 bits per heavy atom. The minimum absolute atomic E-state index is 0.184. The molecule has 0 atom stereocenters. The Kier molecular flexibility index (Phi) is 5.48. The molecule has 0 fully saturated rings. The van der Waals surface area contributed by atoms with Gasteiger partial charge in [-0.3, -0.25) is 4.18 Å². The maximum absolute atomic E-state index is 13.2. The zero-order valence-corrected chi connectivity index (χ0v) is 10.9. The standard InChI is InChI=1S/C12H11FO5S/c1-19(15,16)18-9-5-4-8-17-12(14)10-6-2-3-7-11(10)13/h2-3,6-7H,8-9H2,1H3. The van der Waals surface area contributed by atoms with E-state index in [0.29, 0.717) is 0 Å². The third-order valence-corrected chi connectivity index (χ3v) is 2.39. The van der Waals surface area contributed by atoms with E-state index in [-0.39, 0.29) is 18.8 Å². The number of ether oxygens (including phenoxy) is 1. The topological polar surface area (TPSA) is 69.7 Å². The zero-order valence-electron chi connectivity index (χ0n) is 10.1. The van der Waals surface area contributed by atoms with Crippen LogP contribution < -0.4 is 0 Å². The molecule has 0 N–H and O–H groups in total. The lowest BCUT2D eigenvalue weighted by Gasteiger charge is -2.01. The van der Waals surface area contributed by atoms with E-state index in [1.54, 1.807) is 0 Å². The fourth-order valence-electron chi connectivity index (χ4n) is 1.04. The summed E-state index contributed by atoms with van der Waals surface area (Å²) in [4.78, 5) is 11.4. The average molecular weight is 286 g/mol. The van der Waals surface area contributed by atoms with E-state index in [9.17, 15) is 17.6 Å². The molecule has 0 unspecified atom stereocenters. The number of esters is 1. The number of benzene rings is 1. The van der Waals surface area contributed by atoms with E-state index < -0.39 is 21.9 Å². The number of halogens is 1. The molecule has 1 aromatic carbocycles. The minimum Gasteiger partial charge on any atom is -0.449 e. The Balaban J connectivity index is 2.40. The molecule has 1 aromatic rings. The van der Waals surface area contributed by atoms with Gasteiger partial charge in [0.05, 0.1) is 11.8 Å². The van der Waals surface area contributed by atoms with Crippen LogP contribution in [0, 0.1) is 17.7 Å². The van der Waals surface area contributed by atoms with E-state index in [0.717, 1.165) is 12.3 Å². The fourth-order valence-corrected chi connectivity index (χ4v) is 1.32. The van der Waals surface area contributed by atoms with Gasteiger partial charge in [-0.15, -0.1) is 0 Å². The summed E-state index contributed by atoms with van der Waals surface area (Å²) in [6.45, 7) is -0.601. The molecule has 0 bridgehead atoms. The average Bonchev–Trinajstić information content (AvgIpc) is 2.32. The van der Waals surface area contributed by atoms with Gasteiger partial charge in [-0.25, -0.2) is 9.18 Å². The lowest BCUT2D eigenvalue weighted by molar-refractivity contribution is 0.0551. The molecule has 0 amide bonds. The zero-order chi connectivity index (χ0) is 14.3. The molecule has 0 saturated carbocycles. The van der Waals surface area contributed by atoms with E-state index in [4.69, 9.17) is 0 Å². The van der Waals surface area contributed by atoms with Crippen LogP contribution in [-0.4, -0.2) is 33.9 Å². The summed E-state index contributed by atoms with van der Waals surface area (Å²) in [7, 11) is -3.54. The number of hydrogen-bond donors (Lipinski definition) is 0. The molecule has 0 aliphatic rings. The van der Waals surface area contributed by atoms with Crippen molar-refractivity contribution in [1.82, 2.24) is 0 Å². The molecule has 0 aromatic heterocycles. The van der Waals surface area contributed by atoms with Gasteiger partial charge in [0, 0.05) is 0 Å². The van der Waals surface area contributed by atoms with Crippen LogP contribution in [0.15, 0.2) is 24.3 Å². The van der Waals surface area contributed by atoms with Crippen molar-refractivity contribution in [3.05, 3.63) is 35.6 Å². The first kappa shape index (κ1) is 15.1. The molecule has 0 saturated heterocycles. The van der Waals surface area contributed by atoms with Crippen LogP contribution in [0.1, 0.15) is 10.4 Å². The summed E-state index contributed by atoms with van der Waals surface area (Å²) < 4.78 is 43.4. The minimum atomic E-state index is -3.54. The summed E-state index contributed by atoms with van der Waals surface area (Å²) in [5.41, 5.74) is -0.184. The fraction of sp³-hybridized carbons (Fsp3) is 0.250. The van der Waals surface area contributed by atoms with E-state index in [1.165, 1.54) is 18.2 Å². The highest BCUT2D eigenvalue weighted by Gasteiger charge is 2.10. The van der Waals surface area contributed by atoms with Crippen molar-refractivity contribution in [3.8, 4) is 11.8 Å². The number of rotatable bonds is 4. The smallest absolute Gasteiger partial charge is 0.342 e. The molecule has 19 heavy (non-hydrogen) atoms. The molecule has 102 valence electrons. The van der Waals surface area contributed by atoms with Crippen LogP contribution >= 0.6 is 0 Å². The molecule has 0 aliphatic heterocycles.